The van der Waals surface area contributed by atoms with Gasteiger partial charge in [0.1, 0.15) is 5.84 Å². The van der Waals surface area contributed by atoms with Crippen molar-refractivity contribution in [2.75, 3.05) is 20.1 Å². The van der Waals surface area contributed by atoms with E-state index in [2.05, 4.69) is 51.3 Å². The van der Waals surface area contributed by atoms with Gasteiger partial charge in [-0.3, -0.25) is 24.6 Å². The van der Waals surface area contributed by atoms with Gasteiger partial charge in [-0.25, -0.2) is 4.99 Å². The molecule has 1 saturated heterocycles. The molecule has 0 radical (unpaired) electrons. The lowest BCUT2D eigenvalue weighted by Crippen LogP contribution is -2.34. The Balaban J connectivity index is 1.58. The molecule has 0 bridgehead atoms. The second-order valence-corrected chi connectivity index (χ2v) is 10.5. The zero-order chi connectivity index (χ0) is 28.7. The number of rotatable bonds is 11. The number of hydrogen-bond donors (Lipinski definition) is 1. The number of amides is 2. The number of carbonyl (C=O) groups excluding carboxylic acids is 3. The maximum atomic E-state index is 12.0. The van der Waals surface area contributed by atoms with Crippen molar-refractivity contribution in [1.29, 1.82) is 0 Å². The monoisotopic (exact) mass is 542 g/mol. The smallest absolute Gasteiger partial charge is 0.226 e. The van der Waals surface area contributed by atoms with Crippen LogP contribution in [0.2, 0.25) is 0 Å². The van der Waals surface area contributed by atoms with Crippen LogP contribution >= 0.6 is 0 Å². The Hall–Kier alpha value is -3.76. The topological polar surface area (TPSA) is 82.1 Å². The van der Waals surface area contributed by atoms with Crippen LogP contribution in [0.4, 0.5) is 5.69 Å². The molecule has 212 valence electrons. The number of hydrogen-bond acceptors (Lipinski definition) is 5. The molecule has 2 amide bonds. The van der Waals surface area contributed by atoms with Gasteiger partial charge in [-0.15, -0.1) is 0 Å². The van der Waals surface area contributed by atoms with Gasteiger partial charge in [0.15, 0.2) is 6.29 Å². The molecule has 0 aliphatic carbocycles. The van der Waals surface area contributed by atoms with Gasteiger partial charge in [0.2, 0.25) is 12.3 Å². The molecule has 2 aromatic rings. The van der Waals surface area contributed by atoms with Gasteiger partial charge in [-0.1, -0.05) is 55.0 Å². The number of nitrogens with one attached hydrogen (secondary N) is 1. The molecule has 1 fully saturated rings. The maximum absolute atomic E-state index is 12.0. The van der Waals surface area contributed by atoms with Crippen molar-refractivity contribution >= 4 is 30.1 Å². The molecule has 2 aromatic carbocycles. The number of nitrogens with zero attached hydrogens (tertiary/aromatic N) is 3. The maximum Gasteiger partial charge on any atom is 0.226 e. The largest absolute Gasteiger partial charge is 0.361 e. The summed E-state index contributed by atoms with van der Waals surface area (Å²) in [5.74, 6) is 6.82. The van der Waals surface area contributed by atoms with Crippen molar-refractivity contribution < 1.29 is 14.4 Å². The summed E-state index contributed by atoms with van der Waals surface area (Å²) in [5.41, 5.74) is 4.33. The Morgan fingerprint density at radius 2 is 1.77 bits per heavy atom. The molecule has 1 atom stereocenters. The first-order chi connectivity index (χ1) is 19.4. The van der Waals surface area contributed by atoms with Crippen LogP contribution in [-0.2, 0) is 22.6 Å². The SMILES string of the molecule is C/C(=N/c1cccc(C#CCCc2ccc(CN3CCCCCC3)cc2)c1C=O)N(C)C(C)CCC(=O)NC=O. The number of aliphatic imine (C=N–C) groups is 1. The van der Waals surface area contributed by atoms with E-state index in [-0.39, 0.29) is 18.4 Å². The molecule has 1 aliphatic heterocycles. The van der Waals surface area contributed by atoms with E-state index in [1.54, 1.807) is 0 Å². The van der Waals surface area contributed by atoms with Crippen molar-refractivity contribution in [3.05, 3.63) is 64.7 Å². The van der Waals surface area contributed by atoms with E-state index < -0.39 is 0 Å². The molecule has 0 aromatic heterocycles. The van der Waals surface area contributed by atoms with Gasteiger partial charge in [-0.05, 0) is 75.9 Å². The van der Waals surface area contributed by atoms with Crippen LogP contribution < -0.4 is 5.32 Å². The first-order valence-electron chi connectivity index (χ1n) is 14.3. The van der Waals surface area contributed by atoms with Crippen LogP contribution in [0.25, 0.3) is 0 Å². The van der Waals surface area contributed by atoms with Crippen LogP contribution in [0.1, 0.15) is 85.8 Å². The van der Waals surface area contributed by atoms with E-state index in [0.29, 0.717) is 36.1 Å². The molecular formula is C33H42N4O3. The van der Waals surface area contributed by atoms with Crippen LogP contribution in [-0.4, -0.2) is 60.4 Å². The van der Waals surface area contributed by atoms with Crippen molar-refractivity contribution in [2.45, 2.75) is 77.8 Å². The lowest BCUT2D eigenvalue weighted by atomic mass is 10.0. The van der Waals surface area contributed by atoms with Crippen molar-refractivity contribution in [1.82, 2.24) is 15.1 Å². The Morgan fingerprint density at radius 3 is 2.45 bits per heavy atom. The number of benzene rings is 2. The summed E-state index contributed by atoms with van der Waals surface area (Å²) in [6.07, 6.45) is 8.89. The standard InChI is InChI=1S/C33H42N4O3/c1-26(15-20-33(40)34-25-39)36(3)27(2)35-32-14-10-13-30(31(32)24-38)12-7-6-11-28-16-18-29(19-17-28)23-37-21-8-4-5-9-22-37/h10,13-14,16-19,24-26H,4-6,8-9,11,15,20-23H2,1-3H3,(H,34,39,40)/b35-27-. The van der Waals surface area contributed by atoms with Crippen molar-refractivity contribution in [2.24, 2.45) is 4.99 Å². The average Bonchev–Trinajstić information content (AvgIpc) is 3.23. The first-order valence-corrected chi connectivity index (χ1v) is 14.3. The number of amidine groups is 1. The minimum Gasteiger partial charge on any atom is -0.361 e. The summed E-state index contributed by atoms with van der Waals surface area (Å²) in [6.45, 7) is 7.28. The molecule has 3 rings (SSSR count). The molecule has 0 spiro atoms. The Kier molecular flexibility index (Phi) is 12.6. The Bertz CT molecular complexity index is 1220. The minimum absolute atomic E-state index is 0.0205. The summed E-state index contributed by atoms with van der Waals surface area (Å²) in [5, 5.41) is 2.16. The second kappa shape index (κ2) is 16.4. The zero-order valence-electron chi connectivity index (χ0n) is 24.1. The third-order valence-electron chi connectivity index (χ3n) is 7.55. The summed E-state index contributed by atoms with van der Waals surface area (Å²) >= 11 is 0. The molecular weight excluding hydrogens is 500 g/mol. The third kappa shape index (κ3) is 9.77. The van der Waals surface area contributed by atoms with E-state index in [1.807, 2.05) is 44.0 Å². The highest BCUT2D eigenvalue weighted by molar-refractivity contribution is 5.91. The van der Waals surface area contributed by atoms with Crippen LogP contribution in [0.3, 0.4) is 0 Å². The highest BCUT2D eigenvalue weighted by Crippen LogP contribution is 2.22. The zero-order valence-corrected chi connectivity index (χ0v) is 24.1. The van der Waals surface area contributed by atoms with Crippen molar-refractivity contribution in [3.63, 3.8) is 0 Å². The van der Waals surface area contributed by atoms with Crippen LogP contribution in [0.5, 0.6) is 0 Å². The van der Waals surface area contributed by atoms with Gasteiger partial charge < -0.3 is 4.90 Å². The minimum atomic E-state index is -0.306. The molecule has 7 nitrogen and oxygen atoms in total. The van der Waals surface area contributed by atoms with E-state index in [9.17, 15) is 14.4 Å². The number of aryl methyl sites for hydroxylation is 1. The fourth-order valence-electron chi connectivity index (χ4n) is 4.86. The summed E-state index contributed by atoms with van der Waals surface area (Å²) in [7, 11) is 1.90. The molecule has 40 heavy (non-hydrogen) atoms. The molecule has 0 saturated carbocycles. The number of imide groups is 1. The quantitative estimate of drug-likeness (QED) is 0.181. The van der Waals surface area contributed by atoms with Gasteiger partial charge in [0.05, 0.1) is 11.3 Å². The lowest BCUT2D eigenvalue weighted by Gasteiger charge is -2.26. The predicted molar refractivity (Wildman–Crippen MR) is 161 cm³/mol. The Morgan fingerprint density at radius 1 is 1.07 bits per heavy atom. The van der Waals surface area contributed by atoms with Gasteiger partial charge in [-0.2, -0.15) is 0 Å². The molecule has 1 unspecified atom stereocenters. The number of carbonyl (C=O) groups is 3. The summed E-state index contributed by atoms with van der Waals surface area (Å²) < 4.78 is 0. The molecule has 1 aliphatic rings. The fraction of sp³-hybridized carbons (Fsp3) is 0.455. The summed E-state index contributed by atoms with van der Waals surface area (Å²) in [6, 6.07) is 14.4. The Labute approximate surface area is 239 Å². The molecule has 7 heteroatoms. The third-order valence-corrected chi connectivity index (χ3v) is 7.55. The van der Waals surface area contributed by atoms with E-state index in [0.717, 1.165) is 25.1 Å². The number of aldehydes is 1. The molecule has 1 heterocycles. The van der Waals surface area contributed by atoms with Crippen LogP contribution in [0.15, 0.2) is 47.5 Å². The average molecular weight is 543 g/mol. The van der Waals surface area contributed by atoms with E-state index in [4.69, 9.17) is 0 Å². The lowest BCUT2D eigenvalue weighted by molar-refractivity contribution is -0.125. The number of likely N-dealkylation sites (tertiary alicyclic amines) is 1. The predicted octanol–water partition coefficient (Wildman–Crippen LogP) is 5.28. The van der Waals surface area contributed by atoms with Gasteiger partial charge >= 0.3 is 0 Å². The normalized spacial score (nSPS) is 14.8. The second-order valence-electron chi connectivity index (χ2n) is 10.5. The summed E-state index contributed by atoms with van der Waals surface area (Å²) in [4.78, 5) is 43.2. The molecule has 1 N–H and O–H groups in total. The van der Waals surface area contributed by atoms with Gasteiger partial charge in [0.25, 0.3) is 0 Å². The highest BCUT2D eigenvalue weighted by atomic mass is 16.2. The van der Waals surface area contributed by atoms with E-state index in [1.165, 1.54) is 49.9 Å². The van der Waals surface area contributed by atoms with Crippen molar-refractivity contribution in [3.8, 4) is 11.8 Å². The first kappa shape index (κ1) is 30.8. The fourth-order valence-corrected chi connectivity index (χ4v) is 4.86. The highest BCUT2D eigenvalue weighted by Gasteiger charge is 2.14. The van der Waals surface area contributed by atoms with Crippen LogP contribution in [0, 0.1) is 11.8 Å². The van der Waals surface area contributed by atoms with E-state index >= 15 is 0 Å². The van der Waals surface area contributed by atoms with Gasteiger partial charge in [0, 0.05) is 38.0 Å².